The van der Waals surface area contributed by atoms with Crippen LogP contribution in [-0.2, 0) is 9.47 Å². The fourth-order valence-corrected chi connectivity index (χ4v) is 4.98. The number of hydrogen-bond donors (Lipinski definition) is 2. The number of urea groups is 1. The van der Waals surface area contributed by atoms with Crippen molar-refractivity contribution < 1.29 is 19.1 Å². The topological polar surface area (TPSA) is 127 Å². The molecule has 3 aromatic rings. The Morgan fingerprint density at radius 2 is 1.75 bits per heavy atom. The number of likely N-dealkylation sites (tertiary alicyclic amines) is 1. The Labute approximate surface area is 234 Å². The van der Waals surface area contributed by atoms with Gasteiger partial charge < -0.3 is 29.9 Å². The largest absolute Gasteiger partial charge is 0.444 e. The first-order chi connectivity index (χ1) is 19.2. The molecule has 12 nitrogen and oxygen atoms in total. The summed E-state index contributed by atoms with van der Waals surface area (Å²) in [5, 5.41) is 11.2. The van der Waals surface area contributed by atoms with Crippen molar-refractivity contribution in [1.29, 1.82) is 0 Å². The van der Waals surface area contributed by atoms with Gasteiger partial charge in [-0.25, -0.2) is 24.2 Å². The highest BCUT2D eigenvalue weighted by molar-refractivity contribution is 5.90. The summed E-state index contributed by atoms with van der Waals surface area (Å²) in [4.78, 5) is 38.4. The zero-order valence-corrected chi connectivity index (χ0v) is 23.6. The van der Waals surface area contributed by atoms with Crippen LogP contribution in [0.2, 0.25) is 0 Å². The van der Waals surface area contributed by atoms with Gasteiger partial charge in [0, 0.05) is 44.0 Å². The molecular formula is C28H38N8O4. The quantitative estimate of drug-likeness (QED) is 0.487. The van der Waals surface area contributed by atoms with Crippen LogP contribution in [0.15, 0.2) is 30.5 Å². The number of nitrogens with one attached hydrogen (secondary N) is 2. The molecule has 0 aliphatic carbocycles. The highest BCUT2D eigenvalue weighted by Gasteiger charge is 2.30. The second-order valence-electron chi connectivity index (χ2n) is 11.1. The van der Waals surface area contributed by atoms with Gasteiger partial charge >= 0.3 is 12.1 Å². The number of ether oxygens (including phenoxy) is 2. The second-order valence-corrected chi connectivity index (χ2v) is 11.1. The smallest absolute Gasteiger partial charge is 0.410 e. The van der Waals surface area contributed by atoms with E-state index in [1.54, 1.807) is 4.90 Å². The number of hydrogen-bond acceptors (Lipinski definition) is 8. The zero-order chi connectivity index (χ0) is 28.3. The van der Waals surface area contributed by atoms with E-state index in [1.807, 2.05) is 62.8 Å². The SMILES string of the molecule is CCNC(=O)Nc1ccc(-c2nc(N3CCOCC3)c3cnn(C4CCN(C(=O)OC(C)(C)C)CC4)c3n2)cc1. The molecule has 2 aliphatic rings. The van der Waals surface area contributed by atoms with E-state index in [0.29, 0.717) is 44.4 Å². The van der Waals surface area contributed by atoms with Crippen molar-refractivity contribution in [3.63, 3.8) is 0 Å². The number of aromatic nitrogens is 4. The number of benzene rings is 1. The summed E-state index contributed by atoms with van der Waals surface area (Å²) < 4.78 is 13.1. The first-order valence-corrected chi connectivity index (χ1v) is 13.9. The van der Waals surface area contributed by atoms with E-state index >= 15 is 0 Å². The third-order valence-electron chi connectivity index (χ3n) is 6.94. The molecule has 1 aromatic carbocycles. The number of morpholine rings is 1. The lowest BCUT2D eigenvalue weighted by Crippen LogP contribution is -2.42. The number of anilines is 2. The molecule has 40 heavy (non-hydrogen) atoms. The lowest BCUT2D eigenvalue weighted by Gasteiger charge is -2.33. The molecule has 2 saturated heterocycles. The Bertz CT molecular complexity index is 1340. The average Bonchev–Trinajstić information content (AvgIpc) is 3.37. The van der Waals surface area contributed by atoms with Crippen molar-refractivity contribution in [3.8, 4) is 11.4 Å². The molecule has 0 bridgehead atoms. The standard InChI is InChI=1S/C28H38N8O4/c1-5-29-26(37)31-20-8-6-19(7-9-20)23-32-24(34-14-16-39-17-15-34)22-18-30-36(25(22)33-23)21-10-12-35(13-11-21)27(38)40-28(2,3)4/h6-9,18,21H,5,10-17H2,1-4H3,(H2,29,31,37). The number of carbonyl (C=O) groups excluding carboxylic acids is 2. The van der Waals surface area contributed by atoms with E-state index < -0.39 is 5.60 Å². The molecule has 2 fully saturated rings. The first kappa shape index (κ1) is 27.6. The Morgan fingerprint density at radius 1 is 1.05 bits per heavy atom. The molecular weight excluding hydrogens is 512 g/mol. The van der Waals surface area contributed by atoms with E-state index in [9.17, 15) is 9.59 Å². The molecule has 2 aliphatic heterocycles. The normalized spacial score (nSPS) is 16.7. The number of carbonyl (C=O) groups is 2. The molecule has 214 valence electrons. The van der Waals surface area contributed by atoms with Gasteiger partial charge in [0.1, 0.15) is 11.4 Å². The summed E-state index contributed by atoms with van der Waals surface area (Å²) in [6.07, 6.45) is 3.08. The fraction of sp³-hybridized carbons (Fsp3) is 0.536. The molecule has 0 saturated carbocycles. The van der Waals surface area contributed by atoms with Crippen LogP contribution in [0.5, 0.6) is 0 Å². The van der Waals surface area contributed by atoms with Crippen LogP contribution >= 0.6 is 0 Å². The van der Waals surface area contributed by atoms with Crippen LogP contribution in [0.1, 0.15) is 46.6 Å². The van der Waals surface area contributed by atoms with Crippen molar-refractivity contribution in [2.75, 3.05) is 56.2 Å². The van der Waals surface area contributed by atoms with Crippen molar-refractivity contribution in [2.45, 2.75) is 52.2 Å². The number of nitrogens with zero attached hydrogens (tertiary/aromatic N) is 6. The van der Waals surface area contributed by atoms with Crippen LogP contribution in [0.3, 0.4) is 0 Å². The van der Waals surface area contributed by atoms with E-state index in [4.69, 9.17) is 24.5 Å². The number of amides is 3. The van der Waals surface area contributed by atoms with Gasteiger partial charge in [-0.1, -0.05) is 0 Å². The maximum Gasteiger partial charge on any atom is 0.410 e. The molecule has 0 unspecified atom stereocenters. The van der Waals surface area contributed by atoms with Crippen molar-refractivity contribution in [3.05, 3.63) is 30.5 Å². The van der Waals surface area contributed by atoms with Crippen LogP contribution in [0.25, 0.3) is 22.4 Å². The Kier molecular flexibility index (Phi) is 8.06. The summed E-state index contributed by atoms with van der Waals surface area (Å²) in [7, 11) is 0. The van der Waals surface area contributed by atoms with Gasteiger partial charge in [0.05, 0.1) is 30.8 Å². The highest BCUT2D eigenvalue weighted by atomic mass is 16.6. The van der Waals surface area contributed by atoms with E-state index in [1.165, 1.54) is 0 Å². The second kappa shape index (κ2) is 11.7. The van der Waals surface area contributed by atoms with Crippen molar-refractivity contribution in [2.24, 2.45) is 0 Å². The van der Waals surface area contributed by atoms with Crippen molar-refractivity contribution in [1.82, 2.24) is 30.0 Å². The number of fused-ring (bicyclic) bond motifs is 1. The van der Waals surface area contributed by atoms with Gasteiger partial charge in [-0.15, -0.1) is 0 Å². The molecule has 5 rings (SSSR count). The minimum atomic E-state index is -0.522. The molecule has 2 N–H and O–H groups in total. The Hall–Kier alpha value is -3.93. The average molecular weight is 551 g/mol. The molecule has 2 aromatic heterocycles. The van der Waals surface area contributed by atoms with Gasteiger partial charge in [0.25, 0.3) is 0 Å². The van der Waals surface area contributed by atoms with Gasteiger partial charge in [0.2, 0.25) is 0 Å². The molecule has 4 heterocycles. The van der Waals surface area contributed by atoms with Crippen LogP contribution in [-0.4, -0.2) is 88.3 Å². The van der Waals surface area contributed by atoms with Gasteiger partial charge in [-0.05, 0) is 64.8 Å². The fourth-order valence-electron chi connectivity index (χ4n) is 4.98. The lowest BCUT2D eigenvalue weighted by molar-refractivity contribution is 0.0186. The highest BCUT2D eigenvalue weighted by Crippen LogP contribution is 2.32. The molecule has 0 atom stereocenters. The summed E-state index contributed by atoms with van der Waals surface area (Å²) >= 11 is 0. The van der Waals surface area contributed by atoms with Gasteiger partial charge in [-0.2, -0.15) is 5.10 Å². The van der Waals surface area contributed by atoms with E-state index in [0.717, 1.165) is 48.3 Å². The van der Waals surface area contributed by atoms with E-state index in [2.05, 4.69) is 15.5 Å². The van der Waals surface area contributed by atoms with Crippen molar-refractivity contribution >= 4 is 34.7 Å². The minimum absolute atomic E-state index is 0.0973. The third kappa shape index (κ3) is 6.27. The Morgan fingerprint density at radius 3 is 2.40 bits per heavy atom. The predicted octanol–water partition coefficient (Wildman–Crippen LogP) is 4.04. The third-order valence-corrected chi connectivity index (χ3v) is 6.94. The van der Waals surface area contributed by atoms with Crippen LogP contribution < -0.4 is 15.5 Å². The number of rotatable bonds is 5. The van der Waals surface area contributed by atoms with E-state index in [-0.39, 0.29) is 18.2 Å². The molecule has 0 radical (unpaired) electrons. The maximum absolute atomic E-state index is 12.6. The summed E-state index contributed by atoms with van der Waals surface area (Å²) in [5.41, 5.74) is 1.77. The minimum Gasteiger partial charge on any atom is -0.444 e. The predicted molar refractivity (Wildman–Crippen MR) is 153 cm³/mol. The maximum atomic E-state index is 12.6. The zero-order valence-electron chi connectivity index (χ0n) is 23.6. The molecule has 3 amide bonds. The molecule has 12 heteroatoms. The monoisotopic (exact) mass is 550 g/mol. The van der Waals surface area contributed by atoms with Crippen LogP contribution in [0.4, 0.5) is 21.1 Å². The lowest BCUT2D eigenvalue weighted by atomic mass is 10.1. The van der Waals surface area contributed by atoms with Gasteiger partial charge in [-0.3, -0.25) is 0 Å². The first-order valence-electron chi connectivity index (χ1n) is 13.9. The summed E-state index contributed by atoms with van der Waals surface area (Å²) in [6.45, 7) is 12.0. The molecule has 0 spiro atoms. The summed E-state index contributed by atoms with van der Waals surface area (Å²) in [6, 6.07) is 7.36. The van der Waals surface area contributed by atoms with Gasteiger partial charge in [0.15, 0.2) is 11.5 Å². The Balaban J connectivity index is 1.43. The van der Waals surface area contributed by atoms with Crippen LogP contribution in [0, 0.1) is 0 Å². The number of piperidine rings is 1. The summed E-state index contributed by atoms with van der Waals surface area (Å²) in [5.74, 6) is 1.43.